The Morgan fingerprint density at radius 2 is 2.17 bits per heavy atom. The van der Waals surface area contributed by atoms with Gasteiger partial charge in [-0.25, -0.2) is 0 Å². The van der Waals surface area contributed by atoms with Crippen LogP contribution in [0.15, 0.2) is 4.52 Å². The first-order valence-electron chi connectivity index (χ1n) is 6.60. The molecule has 1 aromatic rings. The number of nitrogens with zero attached hydrogens (tertiary/aromatic N) is 2. The molecule has 0 N–H and O–H groups in total. The van der Waals surface area contributed by atoms with Crippen molar-refractivity contribution in [2.75, 3.05) is 12.4 Å². The Kier molecular flexibility index (Phi) is 3.75. The lowest BCUT2D eigenvalue weighted by molar-refractivity contribution is 0.0310. The van der Waals surface area contributed by atoms with Crippen LogP contribution in [0, 0.1) is 0 Å². The fraction of sp³-hybridized carbons (Fsp3) is 0.833. The van der Waals surface area contributed by atoms with E-state index in [0.717, 1.165) is 38.1 Å². The van der Waals surface area contributed by atoms with Crippen molar-refractivity contribution < 1.29 is 13.5 Å². The molecule has 0 aromatic carbocycles. The van der Waals surface area contributed by atoms with Gasteiger partial charge in [0.2, 0.25) is 5.89 Å². The lowest BCUT2D eigenvalue weighted by Crippen LogP contribution is -2.25. The van der Waals surface area contributed by atoms with Crippen molar-refractivity contribution in [3.05, 3.63) is 11.7 Å². The smallest absolute Gasteiger partial charge is 0.239 e. The molecule has 100 valence electrons. The summed E-state index contributed by atoms with van der Waals surface area (Å²) >= 11 is 0. The molecule has 1 aromatic heterocycles. The van der Waals surface area contributed by atoms with Gasteiger partial charge in [-0.05, 0) is 32.1 Å². The van der Waals surface area contributed by atoms with Gasteiger partial charge in [0.05, 0.1) is 11.9 Å². The minimum absolute atomic E-state index is 0.144. The van der Waals surface area contributed by atoms with E-state index in [1.165, 1.54) is 6.42 Å². The van der Waals surface area contributed by atoms with Crippen LogP contribution in [-0.2, 0) is 21.3 Å². The van der Waals surface area contributed by atoms with Crippen LogP contribution in [0.4, 0.5) is 0 Å². The first kappa shape index (κ1) is 12.3. The Bertz CT molecular complexity index is 425. The average molecular weight is 270 g/mol. The second kappa shape index (κ2) is 5.48. The molecule has 6 heteroatoms. The maximum atomic E-state index is 12.0. The predicted octanol–water partition coefficient (Wildman–Crippen LogP) is 1.76. The average Bonchev–Trinajstić information content (AvgIpc) is 3.12. The Hall–Kier alpha value is -0.750. The quantitative estimate of drug-likeness (QED) is 0.815. The third kappa shape index (κ3) is 3.17. The highest BCUT2D eigenvalue weighted by Gasteiger charge is 2.29. The van der Waals surface area contributed by atoms with E-state index < -0.39 is 10.8 Å². The minimum atomic E-state index is -0.969. The topological polar surface area (TPSA) is 65.2 Å². The molecule has 1 saturated heterocycles. The van der Waals surface area contributed by atoms with Crippen LogP contribution in [0.25, 0.3) is 0 Å². The van der Waals surface area contributed by atoms with Gasteiger partial charge in [-0.1, -0.05) is 5.16 Å². The van der Waals surface area contributed by atoms with Crippen LogP contribution >= 0.6 is 0 Å². The van der Waals surface area contributed by atoms with Gasteiger partial charge in [-0.3, -0.25) is 4.21 Å². The van der Waals surface area contributed by atoms with Gasteiger partial charge in [0.15, 0.2) is 5.82 Å². The number of aromatic nitrogens is 2. The largest absolute Gasteiger partial charge is 0.377 e. The number of ether oxygens (including phenoxy) is 1. The third-order valence-electron chi connectivity index (χ3n) is 3.36. The molecule has 1 aliphatic heterocycles. The molecule has 2 fully saturated rings. The fourth-order valence-electron chi connectivity index (χ4n) is 2.18. The van der Waals surface area contributed by atoms with E-state index >= 15 is 0 Å². The summed E-state index contributed by atoms with van der Waals surface area (Å²) in [5.41, 5.74) is 0. The van der Waals surface area contributed by atoms with Crippen molar-refractivity contribution in [3.63, 3.8) is 0 Å². The summed E-state index contributed by atoms with van der Waals surface area (Å²) in [6.07, 6.45) is 5.76. The molecule has 5 nitrogen and oxygen atoms in total. The van der Waals surface area contributed by atoms with Gasteiger partial charge in [0.1, 0.15) is 5.75 Å². The molecule has 0 amide bonds. The molecule has 0 unspecified atom stereocenters. The molecule has 2 atom stereocenters. The lowest BCUT2D eigenvalue weighted by Gasteiger charge is -2.21. The summed E-state index contributed by atoms with van der Waals surface area (Å²) in [6.45, 7) is 0.800. The molecule has 0 radical (unpaired) electrons. The fourth-order valence-corrected chi connectivity index (χ4v) is 3.36. The van der Waals surface area contributed by atoms with E-state index in [1.807, 2.05) is 0 Å². The summed E-state index contributed by atoms with van der Waals surface area (Å²) in [6, 6.07) is 0. The van der Waals surface area contributed by atoms with Gasteiger partial charge in [-0.15, -0.1) is 0 Å². The zero-order valence-electron chi connectivity index (χ0n) is 10.3. The van der Waals surface area contributed by atoms with Crippen molar-refractivity contribution in [2.24, 2.45) is 0 Å². The van der Waals surface area contributed by atoms with E-state index in [2.05, 4.69) is 10.1 Å². The molecule has 1 aliphatic carbocycles. The van der Waals surface area contributed by atoms with Crippen LogP contribution in [0.3, 0.4) is 0 Å². The lowest BCUT2D eigenvalue weighted by atomic mass is 10.1. The van der Waals surface area contributed by atoms with Crippen LogP contribution in [0.5, 0.6) is 0 Å². The predicted molar refractivity (Wildman–Crippen MR) is 66.6 cm³/mol. The van der Waals surface area contributed by atoms with Gasteiger partial charge in [0, 0.05) is 23.3 Å². The highest BCUT2D eigenvalue weighted by Crippen LogP contribution is 2.38. The molecule has 2 aliphatic rings. The van der Waals surface area contributed by atoms with E-state index in [4.69, 9.17) is 9.26 Å². The van der Waals surface area contributed by atoms with Crippen LogP contribution < -0.4 is 0 Å². The van der Waals surface area contributed by atoms with E-state index in [1.54, 1.807) is 0 Å². The number of hydrogen-bond donors (Lipinski definition) is 0. The zero-order chi connectivity index (χ0) is 12.4. The van der Waals surface area contributed by atoms with Crippen molar-refractivity contribution in [1.29, 1.82) is 0 Å². The maximum Gasteiger partial charge on any atom is 0.239 e. The Morgan fingerprint density at radius 1 is 1.28 bits per heavy atom. The molecule has 0 bridgehead atoms. The molecule has 1 saturated carbocycles. The van der Waals surface area contributed by atoms with Crippen LogP contribution in [-0.4, -0.2) is 32.8 Å². The van der Waals surface area contributed by atoms with E-state index in [-0.39, 0.29) is 6.10 Å². The van der Waals surface area contributed by atoms with E-state index in [9.17, 15) is 4.21 Å². The summed E-state index contributed by atoms with van der Waals surface area (Å²) in [5.74, 6) is 2.72. The molecule has 0 spiro atoms. The summed E-state index contributed by atoms with van der Waals surface area (Å²) < 4.78 is 22.7. The van der Waals surface area contributed by atoms with Gasteiger partial charge in [-0.2, -0.15) is 4.98 Å². The summed E-state index contributed by atoms with van der Waals surface area (Å²) in [4.78, 5) is 4.29. The summed E-state index contributed by atoms with van der Waals surface area (Å²) in [5, 5.41) is 3.93. The standard InChI is InChI=1S/C12H18N2O3S/c15-18(7-10-3-1-2-6-16-10)8-11-13-12(14-17-11)9-4-5-9/h9-10H,1-8H2/t10-,18+/m1/s1. The third-order valence-corrected chi connectivity index (χ3v) is 4.67. The second-order valence-electron chi connectivity index (χ2n) is 5.06. The monoisotopic (exact) mass is 270 g/mol. The molecule has 3 rings (SSSR count). The normalized spacial score (nSPS) is 26.1. The number of rotatable bonds is 5. The van der Waals surface area contributed by atoms with Gasteiger partial charge in [0.25, 0.3) is 0 Å². The van der Waals surface area contributed by atoms with Crippen molar-refractivity contribution in [1.82, 2.24) is 10.1 Å². The van der Waals surface area contributed by atoms with Crippen LogP contribution in [0.1, 0.15) is 49.7 Å². The van der Waals surface area contributed by atoms with E-state index in [0.29, 0.717) is 23.3 Å². The van der Waals surface area contributed by atoms with Crippen molar-refractivity contribution in [3.8, 4) is 0 Å². The zero-order valence-corrected chi connectivity index (χ0v) is 11.2. The van der Waals surface area contributed by atoms with Gasteiger partial charge >= 0.3 is 0 Å². The molecular formula is C12H18N2O3S. The molecular weight excluding hydrogens is 252 g/mol. The summed E-state index contributed by atoms with van der Waals surface area (Å²) in [7, 11) is -0.969. The maximum absolute atomic E-state index is 12.0. The second-order valence-corrected chi connectivity index (χ2v) is 6.56. The Balaban J connectivity index is 1.49. The van der Waals surface area contributed by atoms with Crippen molar-refractivity contribution in [2.45, 2.75) is 49.9 Å². The van der Waals surface area contributed by atoms with Crippen molar-refractivity contribution >= 4 is 10.8 Å². The highest BCUT2D eigenvalue weighted by molar-refractivity contribution is 7.84. The molecule has 2 heterocycles. The SMILES string of the molecule is O=[S@](Cc1nc(C2CC2)no1)C[C@H]1CCCCO1. The van der Waals surface area contributed by atoms with Gasteiger partial charge < -0.3 is 9.26 Å². The van der Waals surface area contributed by atoms with Crippen LogP contribution in [0.2, 0.25) is 0 Å². The highest BCUT2D eigenvalue weighted by atomic mass is 32.2. The Morgan fingerprint density at radius 3 is 2.89 bits per heavy atom. The Labute approximate surface area is 109 Å². The number of hydrogen-bond acceptors (Lipinski definition) is 5. The first-order valence-corrected chi connectivity index (χ1v) is 8.09. The first-order chi connectivity index (χ1) is 8.81. The minimum Gasteiger partial charge on any atom is -0.377 e. The molecule has 18 heavy (non-hydrogen) atoms.